The Morgan fingerprint density at radius 2 is 1.68 bits per heavy atom. The van der Waals surface area contributed by atoms with Crippen LogP contribution in [0.15, 0.2) is 24.3 Å². The summed E-state index contributed by atoms with van der Waals surface area (Å²) in [6.07, 6.45) is 1.28. The van der Waals surface area contributed by atoms with Gasteiger partial charge in [0.15, 0.2) is 0 Å². The van der Waals surface area contributed by atoms with Crippen molar-refractivity contribution in [3.8, 4) is 0 Å². The molecule has 1 N–H and O–H groups in total. The molecule has 1 atom stereocenters. The molecule has 106 valence electrons. The van der Waals surface area contributed by atoms with E-state index in [2.05, 4.69) is 0 Å². The number of hydrogen-bond acceptors (Lipinski definition) is 1. The molecule has 0 amide bonds. The van der Waals surface area contributed by atoms with Gasteiger partial charge in [-0.15, -0.1) is 0 Å². The first-order valence-corrected chi connectivity index (χ1v) is 6.79. The zero-order valence-corrected chi connectivity index (χ0v) is 10.8. The van der Waals surface area contributed by atoms with Gasteiger partial charge in [0.25, 0.3) is 0 Å². The van der Waals surface area contributed by atoms with Crippen LogP contribution < -0.4 is 0 Å². The highest BCUT2D eigenvalue weighted by atomic mass is 19.4. The topological polar surface area (TPSA) is 20.2 Å². The van der Waals surface area contributed by atoms with Gasteiger partial charge in [0.05, 0.1) is 11.7 Å². The Hall–Kier alpha value is -1.03. The maximum absolute atomic E-state index is 12.4. The molecule has 0 aliphatic heterocycles. The second-order valence-corrected chi connectivity index (χ2v) is 5.44. The monoisotopic (exact) mass is 272 g/mol. The fraction of sp³-hybridized carbons (Fsp3) is 0.600. The molecule has 0 saturated heterocycles. The summed E-state index contributed by atoms with van der Waals surface area (Å²) in [6, 6.07) is 5.08. The quantitative estimate of drug-likeness (QED) is 0.871. The van der Waals surface area contributed by atoms with E-state index in [1.165, 1.54) is 37.8 Å². The Labute approximate surface area is 111 Å². The average Bonchev–Trinajstić information content (AvgIpc) is 2.81. The van der Waals surface area contributed by atoms with Crippen LogP contribution in [-0.4, -0.2) is 11.2 Å². The first-order valence-electron chi connectivity index (χ1n) is 6.79. The van der Waals surface area contributed by atoms with Crippen molar-refractivity contribution in [2.75, 3.05) is 0 Å². The summed E-state index contributed by atoms with van der Waals surface area (Å²) in [5, 5.41) is 9.97. The van der Waals surface area contributed by atoms with Gasteiger partial charge in [0.2, 0.25) is 0 Å². The summed E-state index contributed by atoms with van der Waals surface area (Å²) in [7, 11) is 0. The second-order valence-electron chi connectivity index (χ2n) is 5.44. The molecule has 1 aromatic rings. The molecule has 1 nitrogen and oxygen atoms in total. The van der Waals surface area contributed by atoms with Crippen LogP contribution in [-0.2, 0) is 12.6 Å². The lowest BCUT2D eigenvalue weighted by molar-refractivity contribution is -0.137. The fourth-order valence-corrected chi connectivity index (χ4v) is 2.82. The molecule has 1 saturated carbocycles. The van der Waals surface area contributed by atoms with Crippen LogP contribution in [0.4, 0.5) is 13.2 Å². The maximum atomic E-state index is 12.4. The third-order valence-corrected chi connectivity index (χ3v) is 3.83. The van der Waals surface area contributed by atoms with Crippen LogP contribution in [0, 0.1) is 5.92 Å². The number of aliphatic hydroxyl groups is 1. The minimum atomic E-state index is -4.29. The molecule has 0 bridgehead atoms. The van der Waals surface area contributed by atoms with E-state index in [-0.39, 0.29) is 0 Å². The highest BCUT2D eigenvalue weighted by Gasteiger charge is 2.30. The number of rotatable bonds is 4. The predicted molar refractivity (Wildman–Crippen MR) is 67.7 cm³/mol. The van der Waals surface area contributed by atoms with E-state index in [1.54, 1.807) is 0 Å². The van der Waals surface area contributed by atoms with Crippen molar-refractivity contribution in [1.82, 2.24) is 0 Å². The van der Waals surface area contributed by atoms with E-state index in [0.717, 1.165) is 24.1 Å². The smallest absolute Gasteiger partial charge is 0.393 e. The van der Waals surface area contributed by atoms with Gasteiger partial charge in [0.1, 0.15) is 0 Å². The molecule has 1 fully saturated rings. The summed E-state index contributed by atoms with van der Waals surface area (Å²) in [6.45, 7) is 0. The third kappa shape index (κ3) is 4.23. The van der Waals surface area contributed by atoms with Crippen molar-refractivity contribution in [2.24, 2.45) is 5.92 Å². The first kappa shape index (κ1) is 14.4. The maximum Gasteiger partial charge on any atom is 0.416 e. The minimum absolute atomic E-state index is 0.439. The highest BCUT2D eigenvalue weighted by Crippen LogP contribution is 2.31. The van der Waals surface area contributed by atoms with Crippen molar-refractivity contribution in [2.45, 2.75) is 50.8 Å². The number of hydrogen-bond donors (Lipinski definition) is 1. The summed E-state index contributed by atoms with van der Waals surface area (Å²) in [4.78, 5) is 0. The van der Waals surface area contributed by atoms with Crippen molar-refractivity contribution >= 4 is 0 Å². The molecule has 1 aromatic carbocycles. The van der Waals surface area contributed by atoms with Crippen LogP contribution in [0.3, 0.4) is 0 Å². The molecule has 0 spiro atoms. The van der Waals surface area contributed by atoms with Crippen LogP contribution >= 0.6 is 0 Å². The van der Waals surface area contributed by atoms with Gasteiger partial charge in [-0.1, -0.05) is 37.8 Å². The SMILES string of the molecule is OC(Cc1ccc(C(F)(F)F)cc1)CC1CCCC1. The van der Waals surface area contributed by atoms with Gasteiger partial charge in [0, 0.05) is 0 Å². The molecular formula is C15H19F3O. The van der Waals surface area contributed by atoms with Gasteiger partial charge in [-0.2, -0.15) is 13.2 Å². The highest BCUT2D eigenvalue weighted by molar-refractivity contribution is 5.25. The van der Waals surface area contributed by atoms with Gasteiger partial charge in [-0.3, -0.25) is 0 Å². The van der Waals surface area contributed by atoms with Gasteiger partial charge >= 0.3 is 6.18 Å². The normalized spacial score (nSPS) is 18.7. The van der Waals surface area contributed by atoms with Gasteiger partial charge < -0.3 is 5.11 Å². The Kier molecular flexibility index (Phi) is 4.50. The molecule has 1 aliphatic carbocycles. The van der Waals surface area contributed by atoms with Crippen LogP contribution in [0.1, 0.15) is 43.2 Å². The van der Waals surface area contributed by atoms with Gasteiger partial charge in [-0.25, -0.2) is 0 Å². The summed E-state index contributed by atoms with van der Waals surface area (Å²) < 4.78 is 37.2. The number of benzene rings is 1. The lowest BCUT2D eigenvalue weighted by Gasteiger charge is -2.15. The molecule has 0 radical (unpaired) electrons. The average molecular weight is 272 g/mol. The van der Waals surface area contributed by atoms with Crippen LogP contribution in [0.25, 0.3) is 0 Å². The zero-order chi connectivity index (χ0) is 13.9. The van der Waals surface area contributed by atoms with Crippen molar-refractivity contribution < 1.29 is 18.3 Å². The van der Waals surface area contributed by atoms with Gasteiger partial charge in [-0.05, 0) is 36.5 Å². The molecule has 0 heterocycles. The minimum Gasteiger partial charge on any atom is -0.393 e. The molecule has 2 rings (SSSR count). The van der Waals surface area contributed by atoms with E-state index in [0.29, 0.717) is 12.3 Å². The predicted octanol–water partition coefficient (Wildman–Crippen LogP) is 4.19. The van der Waals surface area contributed by atoms with Crippen molar-refractivity contribution in [3.63, 3.8) is 0 Å². The third-order valence-electron chi connectivity index (χ3n) is 3.83. The summed E-state index contributed by atoms with van der Waals surface area (Å²) in [5.41, 5.74) is 0.125. The van der Waals surface area contributed by atoms with Crippen molar-refractivity contribution in [1.29, 1.82) is 0 Å². The molecule has 19 heavy (non-hydrogen) atoms. The molecule has 4 heteroatoms. The first-order chi connectivity index (χ1) is 8.95. The van der Waals surface area contributed by atoms with Crippen molar-refractivity contribution in [3.05, 3.63) is 35.4 Å². The second kappa shape index (κ2) is 5.95. The summed E-state index contributed by atoms with van der Waals surface area (Å²) in [5.74, 6) is 0.587. The Morgan fingerprint density at radius 3 is 2.21 bits per heavy atom. The van der Waals surface area contributed by atoms with Crippen LogP contribution in [0.5, 0.6) is 0 Å². The lowest BCUT2D eigenvalue weighted by atomic mass is 9.95. The molecule has 0 aromatic heterocycles. The molecular weight excluding hydrogens is 253 g/mol. The van der Waals surface area contributed by atoms with Crippen LogP contribution in [0.2, 0.25) is 0 Å². The Morgan fingerprint density at radius 1 is 1.11 bits per heavy atom. The van der Waals surface area contributed by atoms with E-state index >= 15 is 0 Å². The number of halogens is 3. The lowest BCUT2D eigenvalue weighted by Crippen LogP contribution is -2.15. The Bertz CT molecular complexity index is 391. The van der Waals surface area contributed by atoms with E-state index < -0.39 is 17.8 Å². The van der Waals surface area contributed by atoms with E-state index in [4.69, 9.17) is 0 Å². The molecule has 1 aliphatic rings. The standard InChI is InChI=1S/C15H19F3O/c16-15(17,18)13-7-5-12(6-8-13)10-14(19)9-11-3-1-2-4-11/h5-8,11,14,19H,1-4,9-10H2. The molecule has 1 unspecified atom stereocenters. The zero-order valence-electron chi connectivity index (χ0n) is 10.8. The fourth-order valence-electron chi connectivity index (χ4n) is 2.82. The van der Waals surface area contributed by atoms with E-state index in [1.807, 2.05) is 0 Å². The largest absolute Gasteiger partial charge is 0.416 e. The Balaban J connectivity index is 1.88. The van der Waals surface area contributed by atoms with E-state index in [9.17, 15) is 18.3 Å². The number of alkyl halides is 3. The summed E-state index contributed by atoms with van der Waals surface area (Å²) >= 11 is 0. The number of aliphatic hydroxyl groups excluding tert-OH is 1.